The van der Waals surface area contributed by atoms with Crippen molar-refractivity contribution in [2.24, 2.45) is 0 Å². The van der Waals surface area contributed by atoms with Crippen LogP contribution in [0.4, 0.5) is 4.39 Å². The summed E-state index contributed by atoms with van der Waals surface area (Å²) in [5.41, 5.74) is 2.47. The molecule has 3 aromatic rings. The molecular formula is C24H29ClFN3O2S2. The molecule has 0 radical (unpaired) electrons. The van der Waals surface area contributed by atoms with Gasteiger partial charge in [-0.15, -0.1) is 0 Å². The number of sulfonamides is 1. The second-order valence-corrected chi connectivity index (χ2v) is 12.0. The van der Waals surface area contributed by atoms with E-state index in [1.807, 2.05) is 13.0 Å². The summed E-state index contributed by atoms with van der Waals surface area (Å²) in [6.45, 7) is 2.54. The zero-order valence-electron chi connectivity index (χ0n) is 18.9. The van der Waals surface area contributed by atoms with Gasteiger partial charge in [0.15, 0.2) is 5.16 Å². The van der Waals surface area contributed by atoms with E-state index in [1.165, 1.54) is 29.3 Å². The van der Waals surface area contributed by atoms with Crippen molar-refractivity contribution in [1.82, 2.24) is 13.9 Å². The molecule has 0 N–H and O–H groups in total. The Morgan fingerprint density at radius 3 is 2.67 bits per heavy atom. The van der Waals surface area contributed by atoms with Crippen LogP contribution in [0.25, 0.3) is 11.0 Å². The quantitative estimate of drug-likeness (QED) is 0.303. The molecule has 1 aromatic heterocycles. The van der Waals surface area contributed by atoms with E-state index in [-0.39, 0.29) is 10.7 Å². The normalized spacial score (nSPS) is 15.2. The van der Waals surface area contributed by atoms with Crippen molar-refractivity contribution in [2.75, 3.05) is 13.6 Å². The number of nitrogens with zero attached hydrogens (tertiary/aromatic N) is 3. The molecule has 0 saturated heterocycles. The first-order valence-corrected chi connectivity index (χ1v) is 14.2. The lowest BCUT2D eigenvalue weighted by atomic mass is 10.2. The Hall–Kier alpha value is -1.61. The third-order valence-electron chi connectivity index (χ3n) is 6.23. The number of hydrogen-bond donors (Lipinski definition) is 0. The molecule has 0 atom stereocenters. The molecule has 1 aliphatic carbocycles. The summed E-state index contributed by atoms with van der Waals surface area (Å²) in [7, 11) is -1.94. The first kappa shape index (κ1) is 24.5. The molecule has 1 fully saturated rings. The lowest BCUT2D eigenvalue weighted by molar-refractivity contribution is 0.459. The van der Waals surface area contributed by atoms with E-state index in [2.05, 4.69) is 4.57 Å². The van der Waals surface area contributed by atoms with Crippen LogP contribution in [-0.4, -0.2) is 35.9 Å². The number of unbranched alkanes of at least 4 members (excludes halogenated alkanes) is 1. The maximum absolute atomic E-state index is 13.4. The minimum Gasteiger partial charge on any atom is -0.316 e. The van der Waals surface area contributed by atoms with Crippen LogP contribution in [0.5, 0.6) is 0 Å². The molecule has 0 amide bonds. The zero-order chi connectivity index (χ0) is 23.6. The topological polar surface area (TPSA) is 55.2 Å². The van der Waals surface area contributed by atoms with Crippen LogP contribution in [0.15, 0.2) is 46.5 Å². The predicted octanol–water partition coefficient (Wildman–Crippen LogP) is 6.66. The molecule has 0 bridgehead atoms. The summed E-state index contributed by atoms with van der Waals surface area (Å²) in [4.78, 5) is 5.11. The van der Waals surface area contributed by atoms with Crippen molar-refractivity contribution in [1.29, 1.82) is 0 Å². The van der Waals surface area contributed by atoms with E-state index in [9.17, 15) is 12.8 Å². The average molecular weight is 510 g/mol. The van der Waals surface area contributed by atoms with Gasteiger partial charge in [0.2, 0.25) is 10.0 Å². The summed E-state index contributed by atoms with van der Waals surface area (Å²) in [5, 5.41) is 1.24. The lowest BCUT2D eigenvalue weighted by Crippen LogP contribution is -2.27. The van der Waals surface area contributed by atoms with Crippen molar-refractivity contribution in [2.45, 2.75) is 67.3 Å². The van der Waals surface area contributed by atoms with Gasteiger partial charge in [-0.2, -0.15) is 0 Å². The zero-order valence-corrected chi connectivity index (χ0v) is 21.3. The number of imidazole rings is 1. The number of fused-ring (bicyclic) bond motifs is 1. The molecule has 0 spiro atoms. The molecule has 0 unspecified atom stereocenters. The Balaban J connectivity index is 1.69. The molecular weight excluding hydrogens is 481 g/mol. The number of hydrogen-bond acceptors (Lipinski definition) is 4. The van der Waals surface area contributed by atoms with Crippen LogP contribution in [0.1, 0.15) is 57.1 Å². The van der Waals surface area contributed by atoms with E-state index < -0.39 is 10.0 Å². The van der Waals surface area contributed by atoms with Crippen molar-refractivity contribution < 1.29 is 12.8 Å². The van der Waals surface area contributed by atoms with Crippen LogP contribution in [0.2, 0.25) is 5.02 Å². The van der Waals surface area contributed by atoms with E-state index in [1.54, 1.807) is 37.0 Å². The minimum atomic E-state index is -3.57. The SMILES string of the molecule is CCCCN(C)S(=O)(=O)c1ccc2c(c1)nc(SCc1ccc(F)cc1Cl)n2C1CCCC1. The van der Waals surface area contributed by atoms with E-state index in [0.29, 0.717) is 28.9 Å². The predicted molar refractivity (Wildman–Crippen MR) is 133 cm³/mol. The first-order chi connectivity index (χ1) is 15.8. The third-order valence-corrected chi connectivity index (χ3v) is 9.43. The van der Waals surface area contributed by atoms with Gasteiger partial charge in [-0.1, -0.05) is 55.6 Å². The summed E-state index contributed by atoms with van der Waals surface area (Å²) in [5.74, 6) is 0.199. The lowest BCUT2D eigenvalue weighted by Gasteiger charge is -2.18. The molecule has 33 heavy (non-hydrogen) atoms. The smallest absolute Gasteiger partial charge is 0.242 e. The van der Waals surface area contributed by atoms with Gasteiger partial charge in [0, 0.05) is 30.4 Å². The van der Waals surface area contributed by atoms with Crippen molar-refractivity contribution in [3.63, 3.8) is 0 Å². The fourth-order valence-electron chi connectivity index (χ4n) is 4.30. The maximum Gasteiger partial charge on any atom is 0.242 e. The van der Waals surface area contributed by atoms with Gasteiger partial charge >= 0.3 is 0 Å². The van der Waals surface area contributed by atoms with Gasteiger partial charge in [-0.05, 0) is 55.2 Å². The highest BCUT2D eigenvalue weighted by Crippen LogP contribution is 2.38. The van der Waals surface area contributed by atoms with Crippen LogP contribution in [0, 0.1) is 5.82 Å². The molecule has 1 aliphatic rings. The summed E-state index contributed by atoms with van der Waals surface area (Å²) < 4.78 is 43.2. The van der Waals surface area contributed by atoms with Crippen LogP contribution in [-0.2, 0) is 15.8 Å². The van der Waals surface area contributed by atoms with Crippen molar-refractivity contribution in [3.05, 3.63) is 52.8 Å². The van der Waals surface area contributed by atoms with E-state index >= 15 is 0 Å². The Labute approximate surface area is 204 Å². The van der Waals surface area contributed by atoms with Crippen LogP contribution < -0.4 is 0 Å². The molecule has 1 saturated carbocycles. The van der Waals surface area contributed by atoms with E-state index in [0.717, 1.165) is 41.9 Å². The number of halogens is 2. The monoisotopic (exact) mass is 509 g/mol. The minimum absolute atomic E-state index is 0.266. The molecule has 1 heterocycles. The Morgan fingerprint density at radius 2 is 1.97 bits per heavy atom. The number of rotatable bonds is 9. The highest BCUT2D eigenvalue weighted by Gasteiger charge is 2.26. The molecule has 4 rings (SSSR count). The average Bonchev–Trinajstić information content (AvgIpc) is 3.43. The number of aromatic nitrogens is 2. The van der Waals surface area contributed by atoms with Gasteiger partial charge in [0.25, 0.3) is 0 Å². The van der Waals surface area contributed by atoms with Gasteiger partial charge in [0.05, 0.1) is 15.9 Å². The van der Waals surface area contributed by atoms with Gasteiger partial charge in [-0.3, -0.25) is 0 Å². The highest BCUT2D eigenvalue weighted by atomic mass is 35.5. The molecule has 178 valence electrons. The van der Waals surface area contributed by atoms with Crippen LogP contribution >= 0.6 is 23.4 Å². The second kappa shape index (κ2) is 10.3. The van der Waals surface area contributed by atoms with Gasteiger partial charge in [0.1, 0.15) is 5.82 Å². The Bertz CT molecular complexity index is 1240. The molecule has 5 nitrogen and oxygen atoms in total. The summed E-state index contributed by atoms with van der Waals surface area (Å²) in [6.07, 6.45) is 6.26. The van der Waals surface area contributed by atoms with Crippen molar-refractivity contribution in [3.8, 4) is 0 Å². The van der Waals surface area contributed by atoms with Gasteiger partial charge in [-0.25, -0.2) is 22.1 Å². The Kier molecular flexibility index (Phi) is 7.68. The molecule has 0 aliphatic heterocycles. The summed E-state index contributed by atoms with van der Waals surface area (Å²) in [6, 6.07) is 10.0. The van der Waals surface area contributed by atoms with Crippen molar-refractivity contribution >= 4 is 44.4 Å². The second-order valence-electron chi connectivity index (χ2n) is 8.56. The molecule has 9 heteroatoms. The van der Waals surface area contributed by atoms with E-state index in [4.69, 9.17) is 16.6 Å². The highest BCUT2D eigenvalue weighted by molar-refractivity contribution is 7.98. The molecule has 2 aromatic carbocycles. The Morgan fingerprint density at radius 1 is 1.21 bits per heavy atom. The third kappa shape index (κ3) is 5.24. The van der Waals surface area contributed by atoms with Gasteiger partial charge < -0.3 is 4.57 Å². The number of thioether (sulfide) groups is 1. The fraction of sp³-hybridized carbons (Fsp3) is 0.458. The largest absolute Gasteiger partial charge is 0.316 e. The van der Waals surface area contributed by atoms with Crippen LogP contribution in [0.3, 0.4) is 0 Å². The standard InChI is InChI=1S/C24H29ClFN3O2S2/c1-3-4-13-28(2)33(30,31)20-11-12-23-22(15-20)27-24(29(23)19-7-5-6-8-19)32-16-17-9-10-18(26)14-21(17)25/h9-12,14-15,19H,3-8,13,16H2,1-2H3. The summed E-state index contributed by atoms with van der Waals surface area (Å²) >= 11 is 7.77. The number of benzene rings is 2. The maximum atomic E-state index is 13.4. The first-order valence-electron chi connectivity index (χ1n) is 11.4. The fourth-order valence-corrected chi connectivity index (χ4v) is 6.92.